The molecule has 2 aromatic rings. The van der Waals surface area contributed by atoms with Gasteiger partial charge in [-0.1, -0.05) is 0 Å². The molecule has 1 aromatic heterocycles. The van der Waals surface area contributed by atoms with Gasteiger partial charge in [-0.15, -0.1) is 0 Å². The van der Waals surface area contributed by atoms with E-state index < -0.39 is 5.82 Å². The van der Waals surface area contributed by atoms with E-state index in [4.69, 9.17) is 4.74 Å². The highest BCUT2D eigenvalue weighted by Gasteiger charge is 2.14. The van der Waals surface area contributed by atoms with E-state index in [2.05, 4.69) is 9.97 Å². The van der Waals surface area contributed by atoms with E-state index in [0.29, 0.717) is 36.4 Å². The van der Waals surface area contributed by atoms with Crippen LogP contribution < -0.4 is 4.90 Å². The summed E-state index contributed by atoms with van der Waals surface area (Å²) in [5, 5.41) is 0.653. The number of fused-ring (bicyclic) bond motifs is 1. The minimum Gasteiger partial charge on any atom is -0.378 e. The number of carbonyl (C=O) groups is 1. The third kappa shape index (κ3) is 2.26. The van der Waals surface area contributed by atoms with Crippen molar-refractivity contribution < 1.29 is 13.9 Å². The topological polar surface area (TPSA) is 55.3 Å². The van der Waals surface area contributed by atoms with Gasteiger partial charge in [0.05, 0.1) is 24.3 Å². The summed E-state index contributed by atoms with van der Waals surface area (Å²) in [6.07, 6.45) is 2.10. The third-order valence-electron chi connectivity index (χ3n) is 3.11. The van der Waals surface area contributed by atoms with Crippen molar-refractivity contribution in [3.05, 3.63) is 29.7 Å². The zero-order valence-electron chi connectivity index (χ0n) is 10.2. The Kier molecular flexibility index (Phi) is 3.08. The molecule has 0 amide bonds. The van der Waals surface area contributed by atoms with Crippen LogP contribution in [0.15, 0.2) is 18.3 Å². The second-order valence-corrected chi connectivity index (χ2v) is 4.32. The lowest BCUT2D eigenvalue weighted by molar-refractivity contribution is 0.112. The quantitative estimate of drug-likeness (QED) is 0.765. The number of halogens is 1. The number of ether oxygens (including phenoxy) is 1. The van der Waals surface area contributed by atoms with E-state index in [1.165, 1.54) is 12.1 Å². The van der Waals surface area contributed by atoms with Crippen molar-refractivity contribution in [3.8, 4) is 0 Å². The minimum atomic E-state index is -0.561. The molecule has 19 heavy (non-hydrogen) atoms. The molecule has 0 spiro atoms. The van der Waals surface area contributed by atoms with Crippen LogP contribution in [0.5, 0.6) is 0 Å². The Morgan fingerprint density at radius 1 is 1.32 bits per heavy atom. The molecule has 0 aliphatic carbocycles. The highest BCUT2D eigenvalue weighted by Crippen LogP contribution is 2.19. The van der Waals surface area contributed by atoms with Gasteiger partial charge in [0, 0.05) is 30.7 Å². The standard InChI is InChI=1S/C13H12FN3O2/c14-11-6-12-9(5-10(11)8-18)7-15-13(16-12)17-1-3-19-4-2-17/h5-8H,1-4H2. The number of carbonyl (C=O) groups excluding carboxylic acids is 1. The molecule has 1 aliphatic heterocycles. The lowest BCUT2D eigenvalue weighted by Gasteiger charge is -2.26. The summed E-state index contributed by atoms with van der Waals surface area (Å²) in [6.45, 7) is 2.72. The highest BCUT2D eigenvalue weighted by molar-refractivity contribution is 5.87. The fraction of sp³-hybridized carbons (Fsp3) is 0.308. The molecule has 6 heteroatoms. The van der Waals surface area contributed by atoms with Crippen LogP contribution in [-0.4, -0.2) is 42.6 Å². The summed E-state index contributed by atoms with van der Waals surface area (Å²) < 4.78 is 18.8. The van der Waals surface area contributed by atoms with E-state index in [1.807, 2.05) is 4.90 Å². The first kappa shape index (κ1) is 12.0. The molecule has 0 unspecified atom stereocenters. The molecule has 2 heterocycles. The lowest BCUT2D eigenvalue weighted by atomic mass is 10.1. The maximum Gasteiger partial charge on any atom is 0.226 e. The summed E-state index contributed by atoms with van der Waals surface area (Å²) in [5.74, 6) is 0.00294. The smallest absolute Gasteiger partial charge is 0.226 e. The molecule has 1 aromatic carbocycles. The summed E-state index contributed by atoms with van der Waals surface area (Å²) in [4.78, 5) is 21.3. The zero-order chi connectivity index (χ0) is 13.2. The fourth-order valence-electron chi connectivity index (χ4n) is 2.07. The molecular formula is C13H12FN3O2. The second kappa shape index (κ2) is 4.89. The Morgan fingerprint density at radius 3 is 2.84 bits per heavy atom. The van der Waals surface area contributed by atoms with E-state index >= 15 is 0 Å². The van der Waals surface area contributed by atoms with Gasteiger partial charge in [-0.2, -0.15) is 0 Å². The molecule has 0 bridgehead atoms. The Hall–Kier alpha value is -2.08. The number of anilines is 1. The van der Waals surface area contributed by atoms with Gasteiger partial charge in [0.15, 0.2) is 6.29 Å². The van der Waals surface area contributed by atoms with Crippen molar-refractivity contribution >= 4 is 23.1 Å². The van der Waals surface area contributed by atoms with Crippen molar-refractivity contribution in [2.75, 3.05) is 31.2 Å². The van der Waals surface area contributed by atoms with Crippen LogP contribution in [0.2, 0.25) is 0 Å². The number of benzene rings is 1. The number of rotatable bonds is 2. The second-order valence-electron chi connectivity index (χ2n) is 4.32. The maximum absolute atomic E-state index is 13.6. The molecule has 0 N–H and O–H groups in total. The summed E-state index contributed by atoms with van der Waals surface area (Å²) in [5.41, 5.74) is 0.523. The van der Waals surface area contributed by atoms with Crippen LogP contribution in [0.1, 0.15) is 10.4 Å². The third-order valence-corrected chi connectivity index (χ3v) is 3.11. The van der Waals surface area contributed by atoms with E-state index in [-0.39, 0.29) is 5.56 Å². The number of nitrogens with zero attached hydrogens (tertiary/aromatic N) is 3. The number of aldehydes is 1. The molecule has 0 saturated carbocycles. The minimum absolute atomic E-state index is 0.0234. The number of aromatic nitrogens is 2. The van der Waals surface area contributed by atoms with Crippen LogP contribution in [0.25, 0.3) is 10.9 Å². The van der Waals surface area contributed by atoms with Gasteiger partial charge in [-0.3, -0.25) is 4.79 Å². The largest absolute Gasteiger partial charge is 0.378 e. The molecule has 1 saturated heterocycles. The predicted octanol–water partition coefficient (Wildman–Crippen LogP) is 1.42. The van der Waals surface area contributed by atoms with Crippen molar-refractivity contribution in [3.63, 3.8) is 0 Å². The van der Waals surface area contributed by atoms with Crippen LogP contribution >= 0.6 is 0 Å². The van der Waals surface area contributed by atoms with Gasteiger partial charge in [0.2, 0.25) is 5.95 Å². The Morgan fingerprint density at radius 2 is 2.11 bits per heavy atom. The molecule has 98 valence electrons. The van der Waals surface area contributed by atoms with Gasteiger partial charge in [0.25, 0.3) is 0 Å². The molecular weight excluding hydrogens is 249 g/mol. The Bertz CT molecular complexity index is 627. The normalized spacial score (nSPS) is 15.7. The van der Waals surface area contributed by atoms with E-state index in [9.17, 15) is 9.18 Å². The summed E-state index contributed by atoms with van der Waals surface area (Å²) in [6, 6.07) is 2.73. The van der Waals surface area contributed by atoms with Crippen molar-refractivity contribution in [2.45, 2.75) is 0 Å². The Balaban J connectivity index is 2.02. The maximum atomic E-state index is 13.6. The number of hydrogen-bond acceptors (Lipinski definition) is 5. The first-order chi connectivity index (χ1) is 9.28. The van der Waals surface area contributed by atoms with E-state index in [1.54, 1.807) is 6.20 Å². The van der Waals surface area contributed by atoms with Crippen molar-refractivity contribution in [1.82, 2.24) is 9.97 Å². The van der Waals surface area contributed by atoms with Crippen LogP contribution in [0, 0.1) is 5.82 Å². The monoisotopic (exact) mass is 261 g/mol. The van der Waals surface area contributed by atoms with Gasteiger partial charge < -0.3 is 9.64 Å². The molecule has 1 aliphatic rings. The SMILES string of the molecule is O=Cc1cc2cnc(N3CCOCC3)nc2cc1F. The summed E-state index contributed by atoms with van der Waals surface area (Å²) >= 11 is 0. The van der Waals surface area contributed by atoms with Crippen LogP contribution in [0.4, 0.5) is 10.3 Å². The average Bonchev–Trinajstić information content (AvgIpc) is 2.47. The molecule has 5 nitrogen and oxygen atoms in total. The fourth-order valence-corrected chi connectivity index (χ4v) is 2.07. The number of hydrogen-bond donors (Lipinski definition) is 0. The van der Waals surface area contributed by atoms with Crippen LogP contribution in [-0.2, 0) is 4.74 Å². The number of morpholine rings is 1. The zero-order valence-corrected chi connectivity index (χ0v) is 10.2. The van der Waals surface area contributed by atoms with Crippen LogP contribution in [0.3, 0.4) is 0 Å². The van der Waals surface area contributed by atoms with Gasteiger partial charge in [0.1, 0.15) is 5.82 Å². The summed E-state index contributed by atoms with van der Waals surface area (Å²) in [7, 11) is 0. The average molecular weight is 261 g/mol. The van der Waals surface area contributed by atoms with Gasteiger partial charge >= 0.3 is 0 Å². The molecule has 0 atom stereocenters. The first-order valence-electron chi connectivity index (χ1n) is 6.02. The molecule has 0 radical (unpaired) electrons. The lowest BCUT2D eigenvalue weighted by Crippen LogP contribution is -2.37. The van der Waals surface area contributed by atoms with Crippen molar-refractivity contribution in [2.24, 2.45) is 0 Å². The highest BCUT2D eigenvalue weighted by atomic mass is 19.1. The first-order valence-corrected chi connectivity index (χ1v) is 6.02. The van der Waals surface area contributed by atoms with E-state index in [0.717, 1.165) is 13.1 Å². The predicted molar refractivity (Wildman–Crippen MR) is 67.9 cm³/mol. The van der Waals surface area contributed by atoms with Crippen molar-refractivity contribution in [1.29, 1.82) is 0 Å². The molecule has 1 fully saturated rings. The van der Waals surface area contributed by atoms with Gasteiger partial charge in [-0.05, 0) is 6.07 Å². The van der Waals surface area contributed by atoms with Gasteiger partial charge in [-0.25, -0.2) is 14.4 Å². The molecule has 3 rings (SSSR count). The Labute approximate surface area is 109 Å².